The van der Waals surface area contributed by atoms with Crippen LogP contribution in [0.3, 0.4) is 0 Å². The summed E-state index contributed by atoms with van der Waals surface area (Å²) in [5.41, 5.74) is 0. The van der Waals surface area contributed by atoms with E-state index in [9.17, 15) is 0 Å². The van der Waals surface area contributed by atoms with Gasteiger partial charge in [-0.3, -0.25) is 0 Å². The number of nitrogens with one attached hydrogen (secondary N) is 1. The Hall–Kier alpha value is -1.69. The molecule has 0 amide bonds. The van der Waals surface area contributed by atoms with Crippen LogP contribution >= 0.6 is 0 Å². The Bertz CT molecular complexity index is 448. The molecule has 2 heterocycles. The smallest absolute Gasteiger partial charge is 0.240 e. The maximum Gasteiger partial charge on any atom is 0.240 e. The molecule has 0 saturated carbocycles. The lowest BCUT2D eigenvalue weighted by molar-refractivity contribution is 0.363. The van der Waals surface area contributed by atoms with Crippen molar-refractivity contribution in [2.75, 3.05) is 0 Å². The zero-order valence-electron chi connectivity index (χ0n) is 9.47. The summed E-state index contributed by atoms with van der Waals surface area (Å²) in [5.74, 6) is 2.28. The average molecular weight is 221 g/mol. The first-order valence-electron chi connectivity index (χ1n) is 5.29. The van der Waals surface area contributed by atoms with Crippen LogP contribution in [-0.4, -0.2) is 19.7 Å². The van der Waals surface area contributed by atoms with Crippen molar-refractivity contribution in [3.05, 3.63) is 29.9 Å². The molecule has 0 aliphatic carbocycles. The average Bonchev–Trinajstić information content (AvgIpc) is 2.87. The van der Waals surface area contributed by atoms with E-state index in [1.165, 1.54) is 0 Å². The van der Waals surface area contributed by atoms with E-state index in [2.05, 4.69) is 31.9 Å². The molecular formula is C10H15N5O. The van der Waals surface area contributed by atoms with E-state index in [0.29, 0.717) is 24.8 Å². The van der Waals surface area contributed by atoms with Gasteiger partial charge in [0.2, 0.25) is 5.89 Å². The third-order valence-electron chi connectivity index (χ3n) is 2.27. The quantitative estimate of drug-likeness (QED) is 0.811. The van der Waals surface area contributed by atoms with Crippen LogP contribution in [0, 0.1) is 6.92 Å². The molecule has 6 nitrogen and oxygen atoms in total. The van der Waals surface area contributed by atoms with Gasteiger partial charge in [0.1, 0.15) is 5.82 Å². The molecule has 86 valence electrons. The van der Waals surface area contributed by atoms with Crippen LogP contribution in [0.25, 0.3) is 0 Å². The second-order valence-corrected chi connectivity index (χ2v) is 3.47. The predicted molar refractivity (Wildman–Crippen MR) is 57.5 cm³/mol. The Morgan fingerprint density at radius 1 is 1.44 bits per heavy atom. The van der Waals surface area contributed by atoms with Crippen LogP contribution in [0.1, 0.15) is 24.5 Å². The standard InChI is InChI=1S/C10H15N5O/c1-3-15-5-4-12-9(15)6-11-7-10-13-8(2)14-16-10/h4-5,11H,3,6-7H2,1-2H3. The summed E-state index contributed by atoms with van der Waals surface area (Å²) in [7, 11) is 0. The molecule has 2 aromatic rings. The molecule has 16 heavy (non-hydrogen) atoms. The molecule has 0 radical (unpaired) electrons. The molecule has 0 saturated heterocycles. The Balaban J connectivity index is 1.84. The number of imidazole rings is 1. The molecule has 0 fully saturated rings. The van der Waals surface area contributed by atoms with Gasteiger partial charge in [0, 0.05) is 18.9 Å². The Morgan fingerprint density at radius 3 is 3.00 bits per heavy atom. The van der Waals surface area contributed by atoms with Gasteiger partial charge in [0.05, 0.1) is 13.1 Å². The number of aromatic nitrogens is 4. The predicted octanol–water partition coefficient (Wildman–Crippen LogP) is 0.884. The monoisotopic (exact) mass is 221 g/mol. The fourth-order valence-corrected chi connectivity index (χ4v) is 1.49. The van der Waals surface area contributed by atoms with Crippen molar-refractivity contribution < 1.29 is 4.52 Å². The van der Waals surface area contributed by atoms with Gasteiger partial charge < -0.3 is 14.4 Å². The minimum atomic E-state index is 0.567. The molecule has 6 heteroatoms. The van der Waals surface area contributed by atoms with Crippen LogP contribution in [0.4, 0.5) is 0 Å². The molecule has 2 aromatic heterocycles. The lowest BCUT2D eigenvalue weighted by atomic mass is 10.5. The lowest BCUT2D eigenvalue weighted by Gasteiger charge is -2.04. The number of hydrogen-bond donors (Lipinski definition) is 1. The zero-order chi connectivity index (χ0) is 11.4. The highest BCUT2D eigenvalue weighted by molar-refractivity contribution is 4.92. The first-order valence-corrected chi connectivity index (χ1v) is 5.29. The van der Waals surface area contributed by atoms with E-state index in [-0.39, 0.29) is 0 Å². The van der Waals surface area contributed by atoms with Crippen LogP contribution in [-0.2, 0) is 19.6 Å². The lowest BCUT2D eigenvalue weighted by Crippen LogP contribution is -2.16. The van der Waals surface area contributed by atoms with E-state index in [1.807, 2.05) is 6.20 Å². The van der Waals surface area contributed by atoms with Crippen molar-refractivity contribution in [1.29, 1.82) is 0 Å². The van der Waals surface area contributed by atoms with Gasteiger partial charge in [0.15, 0.2) is 5.82 Å². The Kier molecular flexibility index (Phi) is 3.31. The summed E-state index contributed by atoms with van der Waals surface area (Å²) in [6, 6.07) is 0. The molecule has 0 aromatic carbocycles. The molecule has 2 rings (SSSR count). The van der Waals surface area contributed by atoms with E-state index in [4.69, 9.17) is 4.52 Å². The topological polar surface area (TPSA) is 68.8 Å². The second kappa shape index (κ2) is 4.89. The van der Waals surface area contributed by atoms with Crippen LogP contribution in [0.2, 0.25) is 0 Å². The number of rotatable bonds is 5. The first kappa shape index (κ1) is 10.8. The Labute approximate surface area is 93.7 Å². The van der Waals surface area contributed by atoms with E-state index in [0.717, 1.165) is 12.4 Å². The third kappa shape index (κ3) is 2.46. The molecule has 0 bridgehead atoms. The molecule has 0 spiro atoms. The van der Waals surface area contributed by atoms with Gasteiger partial charge in [-0.15, -0.1) is 0 Å². The van der Waals surface area contributed by atoms with Crippen LogP contribution in [0.15, 0.2) is 16.9 Å². The highest BCUT2D eigenvalue weighted by atomic mass is 16.5. The number of nitrogens with zero attached hydrogens (tertiary/aromatic N) is 4. The van der Waals surface area contributed by atoms with E-state index in [1.54, 1.807) is 13.1 Å². The van der Waals surface area contributed by atoms with Gasteiger partial charge in [-0.1, -0.05) is 5.16 Å². The van der Waals surface area contributed by atoms with Gasteiger partial charge >= 0.3 is 0 Å². The third-order valence-corrected chi connectivity index (χ3v) is 2.27. The van der Waals surface area contributed by atoms with Gasteiger partial charge in [-0.25, -0.2) is 4.98 Å². The molecule has 1 N–H and O–H groups in total. The zero-order valence-corrected chi connectivity index (χ0v) is 9.47. The minimum absolute atomic E-state index is 0.567. The summed E-state index contributed by atoms with van der Waals surface area (Å²) >= 11 is 0. The fraction of sp³-hybridized carbons (Fsp3) is 0.500. The van der Waals surface area contributed by atoms with Crippen LogP contribution < -0.4 is 5.32 Å². The van der Waals surface area contributed by atoms with Crippen molar-refractivity contribution in [3.63, 3.8) is 0 Å². The fourth-order valence-electron chi connectivity index (χ4n) is 1.49. The van der Waals surface area contributed by atoms with Crippen molar-refractivity contribution in [2.45, 2.75) is 33.5 Å². The SMILES string of the molecule is CCn1ccnc1CNCc1nc(C)no1. The maximum absolute atomic E-state index is 4.99. The second-order valence-electron chi connectivity index (χ2n) is 3.47. The van der Waals surface area contributed by atoms with E-state index < -0.39 is 0 Å². The van der Waals surface area contributed by atoms with Gasteiger partial charge in [-0.05, 0) is 13.8 Å². The number of aryl methyl sites for hydroxylation is 2. The normalized spacial score (nSPS) is 10.9. The molecule has 0 aliphatic rings. The maximum atomic E-state index is 4.99. The van der Waals surface area contributed by atoms with Crippen molar-refractivity contribution in [1.82, 2.24) is 25.0 Å². The summed E-state index contributed by atoms with van der Waals surface area (Å²) in [6.07, 6.45) is 3.77. The largest absolute Gasteiger partial charge is 0.338 e. The minimum Gasteiger partial charge on any atom is -0.338 e. The van der Waals surface area contributed by atoms with Gasteiger partial charge in [-0.2, -0.15) is 4.98 Å². The van der Waals surface area contributed by atoms with Crippen molar-refractivity contribution in [2.24, 2.45) is 0 Å². The van der Waals surface area contributed by atoms with Crippen molar-refractivity contribution in [3.8, 4) is 0 Å². The summed E-state index contributed by atoms with van der Waals surface area (Å²) in [5, 5.41) is 6.93. The summed E-state index contributed by atoms with van der Waals surface area (Å²) in [6.45, 7) is 6.08. The first-order chi connectivity index (χ1) is 7.79. The van der Waals surface area contributed by atoms with E-state index >= 15 is 0 Å². The molecular weight excluding hydrogens is 206 g/mol. The van der Waals surface area contributed by atoms with Gasteiger partial charge in [0.25, 0.3) is 0 Å². The van der Waals surface area contributed by atoms with Crippen molar-refractivity contribution >= 4 is 0 Å². The highest BCUT2D eigenvalue weighted by Crippen LogP contribution is 1.99. The highest BCUT2D eigenvalue weighted by Gasteiger charge is 2.04. The van der Waals surface area contributed by atoms with Crippen LogP contribution in [0.5, 0.6) is 0 Å². The summed E-state index contributed by atoms with van der Waals surface area (Å²) in [4.78, 5) is 8.36. The molecule has 0 aliphatic heterocycles. The number of hydrogen-bond acceptors (Lipinski definition) is 5. The Morgan fingerprint density at radius 2 is 2.31 bits per heavy atom. The molecule has 0 atom stereocenters. The summed E-state index contributed by atoms with van der Waals surface area (Å²) < 4.78 is 7.08. The molecule has 0 unspecified atom stereocenters.